The molecule has 2 aromatic carbocycles. The maximum atomic E-state index is 15.0. The number of cyclic esters (lactones) is 4. The Morgan fingerprint density at radius 1 is 0.427 bits per heavy atom. The SMILES string of the molecule is CC(C)C[C@H]1C(=O)O[C@H](Cc2ccc(Cc3scnc3Cl)cc2)C(=O)N(C)[C@@H](CC(C)C)C(=O)O[C@H](C)C(=O)N(C)[C@@H](CC(C)C)C(=O)O[C@H](Cc2ccc(Cc3scnc3Cl)cc2)C(=O)N(C)[C@@H](CC(C)C)C(=O)O[C@H](C)C(=O)N1C. The van der Waals surface area contributed by atoms with Crippen LogP contribution in [-0.4, -0.2) is 154 Å². The van der Waals surface area contributed by atoms with Crippen LogP contribution in [0.25, 0.3) is 0 Å². The van der Waals surface area contributed by atoms with Crippen LogP contribution in [0.3, 0.4) is 0 Å². The second-order valence-electron chi connectivity index (χ2n) is 22.9. The van der Waals surface area contributed by atoms with Gasteiger partial charge >= 0.3 is 23.9 Å². The first-order valence-corrected chi connectivity index (χ1v) is 30.3. The fourth-order valence-electron chi connectivity index (χ4n) is 9.61. The number of thiazole rings is 2. The highest BCUT2D eigenvalue weighted by Gasteiger charge is 2.43. The molecule has 1 fully saturated rings. The molecule has 1 aliphatic heterocycles. The van der Waals surface area contributed by atoms with Crippen LogP contribution in [0.1, 0.15) is 127 Å². The van der Waals surface area contributed by atoms with Crippen molar-refractivity contribution in [2.45, 2.75) is 169 Å². The van der Waals surface area contributed by atoms with Crippen LogP contribution in [0, 0.1) is 23.7 Å². The van der Waals surface area contributed by atoms with Gasteiger partial charge in [0.1, 0.15) is 34.5 Å². The molecular weight excluding hydrogens is 1130 g/mol. The molecule has 0 aliphatic carbocycles. The molecule has 0 unspecified atom stereocenters. The van der Waals surface area contributed by atoms with E-state index in [4.69, 9.17) is 42.1 Å². The Labute approximate surface area is 500 Å². The standard InChI is InChI=1S/C60H80Cl2N6O12S2/c1-33(2)23-43-57(73)77-37(9)53(69)65(11)46(26-36(7)8)60(76)80-48(28-40-17-21-42(22-18-40)30-50-52(62)64-32-82-50)56(72)68(14)44(24-34(3)4)58(74)78-38(10)54(70)66(12)45(25-35(5)6)59(75)79-47(55(71)67(43)13)27-39-15-19-41(20-16-39)29-49-51(61)63-31-81-49/h15-22,31-38,43-48H,23-30H2,1-14H3/t37-,38-,43+,44+,45+,46+,47-,48-/m1/s1. The van der Waals surface area contributed by atoms with Crippen LogP contribution in [0.2, 0.25) is 10.3 Å². The third-order valence-corrected chi connectivity index (χ3v) is 16.8. The number of hydrogen-bond acceptors (Lipinski definition) is 16. The Balaban J connectivity index is 1.59. The molecule has 1 aliphatic rings. The van der Waals surface area contributed by atoms with Gasteiger partial charge in [-0.3, -0.25) is 19.2 Å². The molecule has 0 spiro atoms. The third kappa shape index (κ3) is 18.5. The molecule has 0 bridgehead atoms. The fourth-order valence-corrected chi connectivity index (χ4v) is 11.6. The van der Waals surface area contributed by atoms with Crippen molar-refractivity contribution in [2.24, 2.45) is 23.7 Å². The number of likely N-dealkylation sites (N-methyl/N-ethyl adjacent to an activating group) is 4. The normalized spacial score (nSPS) is 23.0. The molecule has 22 heteroatoms. The van der Waals surface area contributed by atoms with E-state index in [0.717, 1.165) is 40.5 Å². The van der Waals surface area contributed by atoms with Crippen molar-refractivity contribution in [1.29, 1.82) is 0 Å². The summed E-state index contributed by atoms with van der Waals surface area (Å²) in [5.74, 6) is -7.54. The number of nitrogens with zero attached hydrogens (tertiary/aromatic N) is 6. The molecule has 3 heterocycles. The first kappa shape index (κ1) is 66.8. The molecule has 8 atom stereocenters. The number of rotatable bonds is 16. The highest BCUT2D eigenvalue weighted by atomic mass is 35.5. The van der Waals surface area contributed by atoms with E-state index >= 15 is 9.59 Å². The smallest absolute Gasteiger partial charge is 0.329 e. The van der Waals surface area contributed by atoms with Crippen molar-refractivity contribution in [3.05, 3.63) is 102 Å². The summed E-state index contributed by atoms with van der Waals surface area (Å²) in [6.07, 6.45) is -5.07. The van der Waals surface area contributed by atoms with Crippen LogP contribution in [0.4, 0.5) is 0 Å². The van der Waals surface area contributed by atoms with Crippen molar-refractivity contribution >= 4 is 93.4 Å². The van der Waals surface area contributed by atoms with Gasteiger partial charge in [0.15, 0.2) is 24.4 Å². The molecule has 448 valence electrons. The van der Waals surface area contributed by atoms with Gasteiger partial charge in [0.05, 0.1) is 11.0 Å². The Morgan fingerprint density at radius 3 is 0.939 bits per heavy atom. The van der Waals surface area contributed by atoms with Crippen LogP contribution < -0.4 is 0 Å². The van der Waals surface area contributed by atoms with Gasteiger partial charge < -0.3 is 38.5 Å². The van der Waals surface area contributed by atoms with E-state index in [9.17, 15) is 28.8 Å². The molecule has 4 aromatic rings. The van der Waals surface area contributed by atoms with Crippen LogP contribution in [0.5, 0.6) is 0 Å². The summed E-state index contributed by atoms with van der Waals surface area (Å²) in [6.45, 7) is 17.5. The first-order valence-electron chi connectivity index (χ1n) is 27.8. The number of ether oxygens (including phenoxy) is 4. The number of aromatic nitrogens is 2. The molecule has 2 aromatic heterocycles. The average molecular weight is 1210 g/mol. The average Bonchev–Trinajstić information content (AvgIpc) is 4.03. The largest absolute Gasteiger partial charge is 0.451 e. The minimum atomic E-state index is -1.55. The van der Waals surface area contributed by atoms with Crippen molar-refractivity contribution in [1.82, 2.24) is 29.6 Å². The lowest BCUT2D eigenvalue weighted by Gasteiger charge is -2.35. The van der Waals surface area contributed by atoms with Crippen molar-refractivity contribution in [3.8, 4) is 0 Å². The predicted molar refractivity (Wildman–Crippen MR) is 315 cm³/mol. The summed E-state index contributed by atoms with van der Waals surface area (Å²) in [5.41, 5.74) is 6.33. The summed E-state index contributed by atoms with van der Waals surface area (Å²) in [6, 6.07) is 9.43. The number of benzene rings is 2. The zero-order valence-electron chi connectivity index (χ0n) is 49.5. The number of halogens is 2. The van der Waals surface area contributed by atoms with E-state index in [1.54, 1.807) is 35.3 Å². The van der Waals surface area contributed by atoms with Gasteiger partial charge in [-0.1, -0.05) is 127 Å². The summed E-state index contributed by atoms with van der Waals surface area (Å²) >= 11 is 15.4. The van der Waals surface area contributed by atoms with Gasteiger partial charge in [0.2, 0.25) is 0 Å². The van der Waals surface area contributed by atoms with Crippen molar-refractivity contribution in [3.63, 3.8) is 0 Å². The highest BCUT2D eigenvalue weighted by molar-refractivity contribution is 7.10. The molecule has 0 N–H and O–H groups in total. The molecule has 0 saturated carbocycles. The lowest BCUT2D eigenvalue weighted by molar-refractivity contribution is -0.176. The third-order valence-electron chi connectivity index (χ3n) is 14.3. The van der Waals surface area contributed by atoms with E-state index in [1.165, 1.54) is 64.7 Å². The molecule has 18 nitrogen and oxygen atoms in total. The van der Waals surface area contributed by atoms with Gasteiger partial charge in [-0.2, -0.15) is 0 Å². The van der Waals surface area contributed by atoms with Crippen molar-refractivity contribution in [2.75, 3.05) is 28.2 Å². The van der Waals surface area contributed by atoms with Gasteiger partial charge in [0, 0.05) is 63.6 Å². The lowest BCUT2D eigenvalue weighted by Crippen LogP contribution is -2.55. The van der Waals surface area contributed by atoms with E-state index < -0.39 is 96.1 Å². The maximum Gasteiger partial charge on any atom is 0.329 e. The van der Waals surface area contributed by atoms with Crippen LogP contribution >= 0.6 is 45.9 Å². The van der Waals surface area contributed by atoms with Gasteiger partial charge in [-0.15, -0.1) is 22.7 Å². The van der Waals surface area contributed by atoms with Gasteiger partial charge in [-0.25, -0.2) is 29.1 Å². The molecule has 4 amide bonds. The number of carbonyl (C=O) groups is 8. The summed E-state index contributed by atoms with van der Waals surface area (Å²) < 4.78 is 24.2. The molecule has 1 saturated heterocycles. The number of carbonyl (C=O) groups excluding carboxylic acids is 8. The second-order valence-corrected chi connectivity index (χ2v) is 25.5. The fraction of sp³-hybridized carbons (Fsp3) is 0.567. The van der Waals surface area contributed by atoms with E-state index in [2.05, 4.69) is 9.97 Å². The molecular formula is C60H80Cl2N6O12S2. The number of esters is 4. The predicted octanol–water partition coefficient (Wildman–Crippen LogP) is 9.07. The highest BCUT2D eigenvalue weighted by Crippen LogP contribution is 2.27. The topological polar surface area (TPSA) is 212 Å². The van der Waals surface area contributed by atoms with E-state index in [-0.39, 0.29) is 62.2 Å². The molecule has 82 heavy (non-hydrogen) atoms. The molecule has 0 radical (unpaired) electrons. The maximum absolute atomic E-state index is 15.0. The van der Waals surface area contributed by atoms with Crippen LogP contribution in [0.15, 0.2) is 59.6 Å². The summed E-state index contributed by atoms with van der Waals surface area (Å²) in [5, 5.41) is 0.805. The van der Waals surface area contributed by atoms with Crippen molar-refractivity contribution < 1.29 is 57.3 Å². The Morgan fingerprint density at radius 2 is 0.683 bits per heavy atom. The second kappa shape index (κ2) is 30.5. The summed E-state index contributed by atoms with van der Waals surface area (Å²) in [4.78, 5) is 132. The monoisotopic (exact) mass is 1210 g/mol. The quantitative estimate of drug-likeness (QED) is 0.0757. The zero-order chi connectivity index (χ0) is 60.9. The van der Waals surface area contributed by atoms with Gasteiger partial charge in [-0.05, 0) is 85.5 Å². The number of amides is 4. The summed E-state index contributed by atoms with van der Waals surface area (Å²) in [7, 11) is 5.54. The Kier molecular flexibility index (Phi) is 24.9. The minimum Gasteiger partial charge on any atom is -0.451 e. The zero-order valence-corrected chi connectivity index (χ0v) is 52.7. The Hall–Kier alpha value is -5.96. The lowest BCUT2D eigenvalue weighted by atomic mass is 9.99. The Bertz CT molecular complexity index is 2640. The number of hydrogen-bond donors (Lipinski definition) is 0. The minimum absolute atomic E-state index is 0.0739. The van der Waals surface area contributed by atoms with Gasteiger partial charge in [0.25, 0.3) is 23.6 Å². The molecule has 5 rings (SSSR count). The van der Waals surface area contributed by atoms with E-state index in [0.29, 0.717) is 34.3 Å². The van der Waals surface area contributed by atoms with E-state index in [1.807, 2.05) is 79.7 Å². The first-order chi connectivity index (χ1) is 38.6. The van der Waals surface area contributed by atoms with Crippen LogP contribution in [-0.2, 0) is 83.0 Å².